The topological polar surface area (TPSA) is 42.7 Å². The number of aromatic nitrogens is 3. The fourth-order valence-corrected chi connectivity index (χ4v) is 2.37. The third-order valence-corrected chi connectivity index (χ3v) is 3.31. The average Bonchev–Trinajstić information content (AvgIpc) is 3.00. The third kappa shape index (κ3) is 9.22. The monoisotopic (exact) mass is 461 g/mol. The van der Waals surface area contributed by atoms with Crippen LogP contribution in [0.3, 0.4) is 0 Å². The van der Waals surface area contributed by atoms with Crippen LogP contribution in [0.2, 0.25) is 0 Å². The van der Waals surface area contributed by atoms with Crippen LogP contribution in [0.5, 0.6) is 0 Å². The molecule has 2 aromatic rings. The minimum Gasteiger partial charge on any atom is -0.796 e. The van der Waals surface area contributed by atoms with Gasteiger partial charge in [-0.3, -0.25) is 4.98 Å². The number of allylic oxidation sites excluding steroid dienone is 1. The zero-order valence-electron chi connectivity index (χ0n) is 17.3. The zero-order valence-corrected chi connectivity index (χ0v) is 21.0. The minimum atomic E-state index is 0. The minimum absolute atomic E-state index is 0. The first-order valence-corrected chi connectivity index (χ1v) is 9.73. The Bertz CT molecular complexity index is 769. The van der Waals surface area contributed by atoms with Gasteiger partial charge in [0.2, 0.25) is 5.95 Å². The number of aryl methyl sites for hydroxylation is 1. The van der Waals surface area contributed by atoms with Gasteiger partial charge in [0.25, 0.3) is 0 Å². The molecule has 0 atom stereocenters. The Labute approximate surface area is 195 Å². The summed E-state index contributed by atoms with van der Waals surface area (Å²) in [6.07, 6.45) is 8.13. The van der Waals surface area contributed by atoms with Gasteiger partial charge in [-0.15, -0.1) is 0 Å². The Morgan fingerprint density at radius 1 is 1.26 bits per heavy atom. The summed E-state index contributed by atoms with van der Waals surface area (Å²) in [5.74, 6) is 0.841. The van der Waals surface area contributed by atoms with Crippen LogP contribution in [-0.4, -0.2) is 27.3 Å². The first kappa shape index (κ1) is 28.3. The Morgan fingerprint density at radius 2 is 1.93 bits per heavy atom. The Balaban J connectivity index is 0. The van der Waals surface area contributed by atoms with E-state index in [1.165, 1.54) is 0 Å². The third-order valence-electron chi connectivity index (χ3n) is 3.31. The average molecular weight is 461 g/mol. The SMILES string of the molecule is C=C/C=c1/nc(NCC[CH2-])n(Cc2cccc(C)n2)/c1=C/C.CC.C[S-].[Y]. The summed E-state index contributed by atoms with van der Waals surface area (Å²) in [4.78, 5) is 9.25. The summed E-state index contributed by atoms with van der Waals surface area (Å²) in [6.45, 7) is 17.1. The molecule has 0 aliphatic rings. The number of hydrogen-bond acceptors (Lipinski definition) is 4. The molecular formula is C21H32N4SY-2. The number of nitrogens with zero attached hydrogens (tertiary/aromatic N) is 3. The number of imidazole rings is 1. The molecule has 0 saturated heterocycles. The van der Waals surface area contributed by atoms with Gasteiger partial charge in [0.1, 0.15) is 0 Å². The molecule has 2 aromatic heterocycles. The molecule has 6 heteroatoms. The van der Waals surface area contributed by atoms with Gasteiger partial charge in [-0.05, 0) is 38.6 Å². The molecule has 0 aliphatic heterocycles. The van der Waals surface area contributed by atoms with Gasteiger partial charge in [0.05, 0.1) is 22.9 Å². The van der Waals surface area contributed by atoms with E-state index in [1.807, 2.05) is 52.0 Å². The number of nitrogens with one attached hydrogen (secondary N) is 1. The second kappa shape index (κ2) is 17.2. The maximum absolute atomic E-state index is 4.67. The van der Waals surface area contributed by atoms with Crippen molar-refractivity contribution in [2.45, 2.75) is 40.7 Å². The molecule has 27 heavy (non-hydrogen) atoms. The normalized spacial score (nSPS) is 10.8. The van der Waals surface area contributed by atoms with Crippen molar-refractivity contribution >= 4 is 30.7 Å². The summed E-state index contributed by atoms with van der Waals surface area (Å²) >= 11 is 4.08. The van der Waals surface area contributed by atoms with Crippen molar-refractivity contribution in [2.24, 2.45) is 0 Å². The van der Waals surface area contributed by atoms with Gasteiger partial charge in [-0.25, -0.2) is 4.98 Å². The smallest absolute Gasteiger partial charge is 0.204 e. The van der Waals surface area contributed by atoms with E-state index in [2.05, 4.69) is 52.1 Å². The molecule has 0 aliphatic carbocycles. The van der Waals surface area contributed by atoms with Crippen molar-refractivity contribution in [1.29, 1.82) is 0 Å². The quantitative estimate of drug-likeness (QED) is 0.530. The van der Waals surface area contributed by atoms with E-state index in [0.29, 0.717) is 6.54 Å². The van der Waals surface area contributed by atoms with Gasteiger partial charge >= 0.3 is 0 Å². The van der Waals surface area contributed by atoms with Crippen molar-refractivity contribution in [3.63, 3.8) is 0 Å². The van der Waals surface area contributed by atoms with Crippen molar-refractivity contribution in [3.8, 4) is 0 Å². The molecule has 1 radical (unpaired) electrons. The summed E-state index contributed by atoms with van der Waals surface area (Å²) in [5.41, 5.74) is 2.04. The summed E-state index contributed by atoms with van der Waals surface area (Å²) < 4.78 is 2.15. The molecule has 0 amide bonds. The molecule has 147 valence electrons. The standard InChI is InChI=1S/C18H23N4.C2H6.CH4S.Y/c1-5-9-16-17(7-3)22(18(21-16)19-12-6-2)13-15-11-8-10-14(4)20-15;2*1-2;/h5,7-11H,1-2,6,12-13H2,3-4H3,(H,19,21);1-2H3;2H,1H3;/q-1;;;/p-1/b16-9+,17-7+;;;. The van der Waals surface area contributed by atoms with Crippen molar-refractivity contribution in [3.05, 3.63) is 59.9 Å². The molecule has 0 bridgehead atoms. The van der Waals surface area contributed by atoms with Gasteiger partial charge in [-0.1, -0.05) is 38.6 Å². The second-order valence-electron chi connectivity index (χ2n) is 5.03. The van der Waals surface area contributed by atoms with Crippen LogP contribution in [-0.2, 0) is 51.9 Å². The Morgan fingerprint density at radius 3 is 2.44 bits per heavy atom. The Hall–Kier alpha value is -0.906. The molecule has 0 aromatic carbocycles. The molecule has 2 rings (SSSR count). The van der Waals surface area contributed by atoms with Crippen LogP contribution in [0.4, 0.5) is 5.95 Å². The summed E-state index contributed by atoms with van der Waals surface area (Å²) in [6, 6.07) is 6.07. The van der Waals surface area contributed by atoms with Crippen LogP contribution >= 0.6 is 0 Å². The van der Waals surface area contributed by atoms with E-state index in [4.69, 9.17) is 0 Å². The van der Waals surface area contributed by atoms with Crippen LogP contribution in [0.1, 0.15) is 38.6 Å². The first-order valence-electron chi connectivity index (χ1n) is 8.91. The van der Waals surface area contributed by atoms with Gasteiger partial charge < -0.3 is 29.4 Å². The van der Waals surface area contributed by atoms with Crippen LogP contribution in [0.15, 0.2) is 30.9 Å². The van der Waals surface area contributed by atoms with Crippen LogP contribution < -0.4 is 16.0 Å². The number of hydrogen-bond donors (Lipinski definition) is 1. The molecule has 1 N–H and O–H groups in total. The fraction of sp³-hybridized carbons (Fsp3) is 0.381. The molecule has 0 fully saturated rings. The molecule has 4 nitrogen and oxygen atoms in total. The van der Waals surface area contributed by atoms with Crippen molar-refractivity contribution in [1.82, 2.24) is 14.5 Å². The molecular weight excluding hydrogens is 429 g/mol. The number of rotatable bonds is 6. The molecule has 0 saturated carbocycles. The van der Waals surface area contributed by atoms with Crippen molar-refractivity contribution in [2.75, 3.05) is 18.1 Å². The van der Waals surface area contributed by atoms with Crippen molar-refractivity contribution < 1.29 is 32.7 Å². The predicted octanol–water partition coefficient (Wildman–Crippen LogP) is 3.22. The first-order chi connectivity index (χ1) is 12.7. The largest absolute Gasteiger partial charge is 0.796 e. The zero-order chi connectivity index (χ0) is 19.9. The summed E-state index contributed by atoms with van der Waals surface area (Å²) in [5, 5.41) is 5.32. The van der Waals surface area contributed by atoms with E-state index in [9.17, 15) is 0 Å². The molecule has 2 heterocycles. The van der Waals surface area contributed by atoms with Crippen LogP contribution in [0.25, 0.3) is 12.2 Å². The second-order valence-corrected chi connectivity index (χ2v) is 5.03. The fourth-order valence-electron chi connectivity index (χ4n) is 2.37. The van der Waals surface area contributed by atoms with E-state index in [1.54, 1.807) is 12.3 Å². The molecule has 0 unspecified atom stereocenters. The molecule has 0 spiro atoms. The summed E-state index contributed by atoms with van der Waals surface area (Å²) in [7, 11) is 0. The van der Waals surface area contributed by atoms with Crippen LogP contribution in [0, 0.1) is 13.8 Å². The number of pyridine rings is 1. The number of anilines is 1. The predicted molar refractivity (Wildman–Crippen MR) is 117 cm³/mol. The van der Waals surface area contributed by atoms with E-state index in [-0.39, 0.29) is 32.7 Å². The maximum Gasteiger partial charge on any atom is 0.204 e. The van der Waals surface area contributed by atoms with E-state index >= 15 is 0 Å². The van der Waals surface area contributed by atoms with E-state index < -0.39 is 0 Å². The Kier molecular flexibility index (Phi) is 18.0. The van der Waals surface area contributed by atoms with Gasteiger partial charge in [0.15, 0.2) is 0 Å². The van der Waals surface area contributed by atoms with E-state index in [0.717, 1.165) is 41.0 Å². The van der Waals surface area contributed by atoms with Gasteiger partial charge in [0, 0.05) is 38.4 Å². The van der Waals surface area contributed by atoms with Gasteiger partial charge in [-0.2, -0.15) is 12.7 Å². The maximum atomic E-state index is 4.67.